The van der Waals surface area contributed by atoms with Crippen LogP contribution in [0.1, 0.15) is 20.9 Å². The minimum absolute atomic E-state index is 0.167. The molecule has 0 spiro atoms. The van der Waals surface area contributed by atoms with Crippen molar-refractivity contribution in [2.45, 2.75) is 31.9 Å². The molecular formula is C14H17NO3S2. The Hall–Kier alpha value is -1.21. The first-order valence-electron chi connectivity index (χ1n) is 6.18. The Morgan fingerprint density at radius 1 is 1.20 bits per heavy atom. The zero-order valence-electron chi connectivity index (χ0n) is 11.4. The van der Waals surface area contributed by atoms with Gasteiger partial charge in [0, 0.05) is 16.3 Å². The van der Waals surface area contributed by atoms with Crippen LogP contribution in [-0.2, 0) is 23.2 Å². The minimum Gasteiger partial charge on any atom is -0.392 e. The van der Waals surface area contributed by atoms with Crippen LogP contribution in [-0.4, -0.2) is 13.5 Å². The highest BCUT2D eigenvalue weighted by atomic mass is 32.2. The third kappa shape index (κ3) is 3.27. The molecule has 0 unspecified atom stereocenters. The van der Waals surface area contributed by atoms with Crippen LogP contribution >= 0.6 is 11.3 Å². The van der Waals surface area contributed by atoms with Gasteiger partial charge in [0.05, 0.1) is 11.5 Å². The van der Waals surface area contributed by atoms with Gasteiger partial charge in [-0.15, -0.1) is 11.3 Å². The molecule has 1 aromatic carbocycles. The topological polar surface area (TPSA) is 66.4 Å². The van der Waals surface area contributed by atoms with E-state index in [0.29, 0.717) is 11.1 Å². The van der Waals surface area contributed by atoms with Crippen LogP contribution in [0.5, 0.6) is 0 Å². The fourth-order valence-corrected chi connectivity index (χ4v) is 4.16. The summed E-state index contributed by atoms with van der Waals surface area (Å²) in [7, 11) is -3.57. The van der Waals surface area contributed by atoms with Gasteiger partial charge in [-0.1, -0.05) is 12.1 Å². The van der Waals surface area contributed by atoms with Crippen LogP contribution in [0.4, 0.5) is 0 Å². The molecular weight excluding hydrogens is 294 g/mol. The first-order valence-corrected chi connectivity index (χ1v) is 8.48. The molecule has 0 radical (unpaired) electrons. The Morgan fingerprint density at radius 2 is 1.95 bits per heavy atom. The molecule has 0 aliphatic rings. The number of benzene rings is 1. The summed E-state index contributed by atoms with van der Waals surface area (Å²) in [6.07, 6.45) is 0. The molecule has 1 heterocycles. The fourth-order valence-electron chi connectivity index (χ4n) is 1.95. The Morgan fingerprint density at radius 3 is 2.55 bits per heavy atom. The lowest BCUT2D eigenvalue weighted by molar-refractivity contribution is 0.280. The second-order valence-corrected chi connectivity index (χ2v) is 7.64. The van der Waals surface area contributed by atoms with Crippen LogP contribution in [0, 0.1) is 13.8 Å². The molecule has 2 rings (SSSR count). The Labute approximate surface area is 123 Å². The molecule has 0 saturated heterocycles. The number of rotatable bonds is 5. The maximum absolute atomic E-state index is 12.3. The molecule has 2 N–H and O–H groups in total. The van der Waals surface area contributed by atoms with Crippen LogP contribution < -0.4 is 4.72 Å². The van der Waals surface area contributed by atoms with Gasteiger partial charge < -0.3 is 5.11 Å². The lowest BCUT2D eigenvalue weighted by Crippen LogP contribution is -2.23. The van der Waals surface area contributed by atoms with Gasteiger partial charge >= 0.3 is 0 Å². The highest BCUT2D eigenvalue weighted by molar-refractivity contribution is 7.89. The highest BCUT2D eigenvalue weighted by Gasteiger charge is 2.18. The molecule has 20 heavy (non-hydrogen) atoms. The largest absolute Gasteiger partial charge is 0.392 e. The van der Waals surface area contributed by atoms with Crippen LogP contribution in [0.2, 0.25) is 0 Å². The van der Waals surface area contributed by atoms with E-state index in [9.17, 15) is 13.5 Å². The number of nitrogens with one attached hydrogen (secondary N) is 1. The summed E-state index contributed by atoms with van der Waals surface area (Å²) >= 11 is 1.57. The predicted molar refractivity (Wildman–Crippen MR) is 80.2 cm³/mol. The predicted octanol–water partition coefficient (Wildman–Crippen LogP) is 2.34. The van der Waals surface area contributed by atoms with E-state index in [1.165, 1.54) is 0 Å². The number of aliphatic hydroxyl groups excluding tert-OH is 1. The zero-order chi connectivity index (χ0) is 14.8. The summed E-state index contributed by atoms with van der Waals surface area (Å²) in [4.78, 5) is 2.34. The van der Waals surface area contributed by atoms with Crippen LogP contribution in [0.25, 0.3) is 0 Å². The van der Waals surface area contributed by atoms with E-state index in [2.05, 4.69) is 4.72 Å². The van der Waals surface area contributed by atoms with Gasteiger partial charge in [-0.2, -0.15) is 0 Å². The van der Waals surface area contributed by atoms with Crippen LogP contribution in [0.3, 0.4) is 0 Å². The van der Waals surface area contributed by atoms with E-state index in [4.69, 9.17) is 0 Å². The van der Waals surface area contributed by atoms with E-state index in [1.807, 2.05) is 19.1 Å². The van der Waals surface area contributed by atoms with Gasteiger partial charge in [-0.05, 0) is 43.2 Å². The van der Waals surface area contributed by atoms with E-state index in [0.717, 1.165) is 9.75 Å². The summed E-state index contributed by atoms with van der Waals surface area (Å²) in [5, 5.41) is 9.21. The molecule has 0 saturated carbocycles. The van der Waals surface area contributed by atoms with Crippen LogP contribution in [0.15, 0.2) is 35.2 Å². The minimum atomic E-state index is -3.57. The molecule has 0 atom stereocenters. The summed E-state index contributed by atoms with van der Waals surface area (Å²) < 4.78 is 27.2. The number of thiophene rings is 1. The lowest BCUT2D eigenvalue weighted by Gasteiger charge is -2.11. The fraction of sp³-hybridized carbons (Fsp3) is 0.286. The van der Waals surface area contributed by atoms with Gasteiger partial charge in [0.25, 0.3) is 0 Å². The van der Waals surface area contributed by atoms with Gasteiger partial charge in [0.2, 0.25) is 10.0 Å². The number of hydrogen-bond donors (Lipinski definition) is 2. The number of hydrogen-bond acceptors (Lipinski definition) is 4. The van der Waals surface area contributed by atoms with Crippen molar-refractivity contribution in [2.75, 3.05) is 0 Å². The van der Waals surface area contributed by atoms with Crippen molar-refractivity contribution < 1.29 is 13.5 Å². The van der Waals surface area contributed by atoms with Gasteiger partial charge in [-0.25, -0.2) is 13.1 Å². The molecule has 0 bridgehead atoms. The monoisotopic (exact) mass is 311 g/mol. The van der Waals surface area contributed by atoms with Crippen molar-refractivity contribution in [2.24, 2.45) is 0 Å². The second-order valence-electron chi connectivity index (χ2n) is 4.54. The Balaban J connectivity index is 2.22. The summed E-state index contributed by atoms with van der Waals surface area (Å²) in [6, 6.07) is 8.79. The third-order valence-corrected chi connectivity index (χ3v) is 5.63. The average Bonchev–Trinajstić information content (AvgIpc) is 2.82. The average molecular weight is 311 g/mol. The molecule has 108 valence electrons. The first kappa shape index (κ1) is 15.2. The molecule has 0 aliphatic heterocycles. The van der Waals surface area contributed by atoms with E-state index < -0.39 is 10.0 Å². The molecule has 4 nitrogen and oxygen atoms in total. The van der Waals surface area contributed by atoms with Gasteiger partial charge in [0.15, 0.2) is 0 Å². The number of sulfonamides is 1. The van der Waals surface area contributed by atoms with E-state index in [1.54, 1.807) is 36.5 Å². The lowest BCUT2D eigenvalue weighted by atomic mass is 10.1. The second kappa shape index (κ2) is 6.05. The van der Waals surface area contributed by atoms with Crippen molar-refractivity contribution >= 4 is 21.4 Å². The molecule has 0 fully saturated rings. The molecule has 2 aromatic rings. The standard InChI is InChI=1S/C14H17NO3S2/c1-10-6-7-13(19-10)8-15-20(17,18)14-5-3-4-12(9-16)11(14)2/h3-7,15-16H,8-9H2,1-2H3. The summed E-state index contributed by atoms with van der Waals surface area (Å²) in [6.45, 7) is 3.80. The number of aryl methyl sites for hydroxylation is 1. The molecule has 1 aromatic heterocycles. The maximum atomic E-state index is 12.3. The SMILES string of the molecule is Cc1ccc(CNS(=O)(=O)c2cccc(CO)c2C)s1. The Bertz CT molecular complexity index is 705. The summed E-state index contributed by atoms with van der Waals surface area (Å²) in [5.74, 6) is 0. The van der Waals surface area contributed by atoms with Crippen molar-refractivity contribution in [1.82, 2.24) is 4.72 Å². The molecule has 6 heteroatoms. The molecule has 0 aliphatic carbocycles. The highest BCUT2D eigenvalue weighted by Crippen LogP contribution is 2.20. The van der Waals surface area contributed by atoms with Crippen molar-refractivity contribution in [3.63, 3.8) is 0 Å². The Kier molecular flexibility index (Phi) is 4.59. The summed E-state index contributed by atoms with van der Waals surface area (Å²) in [5.41, 5.74) is 1.21. The van der Waals surface area contributed by atoms with Crippen molar-refractivity contribution in [3.8, 4) is 0 Å². The van der Waals surface area contributed by atoms with E-state index in [-0.39, 0.29) is 18.0 Å². The van der Waals surface area contributed by atoms with Gasteiger partial charge in [0.1, 0.15) is 0 Å². The van der Waals surface area contributed by atoms with Crippen molar-refractivity contribution in [1.29, 1.82) is 0 Å². The quantitative estimate of drug-likeness (QED) is 0.890. The zero-order valence-corrected chi connectivity index (χ0v) is 13.0. The smallest absolute Gasteiger partial charge is 0.241 e. The molecule has 0 amide bonds. The maximum Gasteiger partial charge on any atom is 0.241 e. The normalized spacial score (nSPS) is 11.8. The first-order chi connectivity index (χ1) is 9.44. The van der Waals surface area contributed by atoms with Crippen molar-refractivity contribution in [3.05, 3.63) is 51.2 Å². The third-order valence-electron chi connectivity index (χ3n) is 3.09. The van der Waals surface area contributed by atoms with E-state index >= 15 is 0 Å². The number of aliphatic hydroxyl groups is 1. The van der Waals surface area contributed by atoms with Gasteiger partial charge in [-0.3, -0.25) is 0 Å².